The Morgan fingerprint density at radius 3 is 2.77 bits per heavy atom. The second kappa shape index (κ2) is 8.60. The van der Waals surface area contributed by atoms with E-state index in [2.05, 4.69) is 73.7 Å². The number of allylic oxidation sites excluding steroid dienone is 3. The van der Waals surface area contributed by atoms with Crippen LogP contribution >= 0.6 is 0 Å². The smallest absolute Gasteiger partial charge is 0.0456 e. The van der Waals surface area contributed by atoms with E-state index >= 15 is 0 Å². The molecule has 0 unspecified atom stereocenters. The van der Waals surface area contributed by atoms with Crippen LogP contribution in [0.2, 0.25) is 0 Å². The van der Waals surface area contributed by atoms with Crippen molar-refractivity contribution in [1.82, 2.24) is 10.3 Å². The number of aromatic amines is 1. The lowest BCUT2D eigenvalue weighted by Crippen LogP contribution is -2.17. The van der Waals surface area contributed by atoms with Gasteiger partial charge in [-0.15, -0.1) is 0 Å². The lowest BCUT2D eigenvalue weighted by molar-refractivity contribution is 0.742. The molecule has 1 aromatic heterocycles. The standard InChI is InChI=1S/C20H28N2/c1-16(2)7-6-8-17(3)11-13-21-14-12-18-15-22-20-10-5-4-9-19(18)20/h4-5,7,9-11,15,21-22H,6,8,12-14H2,1-3H3/b17-11-. The first kappa shape index (κ1) is 16.6. The van der Waals surface area contributed by atoms with E-state index in [1.165, 1.54) is 27.6 Å². The van der Waals surface area contributed by atoms with Crippen molar-refractivity contribution in [1.29, 1.82) is 0 Å². The molecule has 0 saturated heterocycles. The molecule has 0 fully saturated rings. The number of nitrogens with one attached hydrogen (secondary N) is 2. The van der Waals surface area contributed by atoms with Crippen LogP contribution in [0.3, 0.4) is 0 Å². The number of H-pyrrole nitrogens is 1. The van der Waals surface area contributed by atoms with Gasteiger partial charge >= 0.3 is 0 Å². The summed E-state index contributed by atoms with van der Waals surface area (Å²) in [7, 11) is 0. The number of rotatable bonds is 8. The summed E-state index contributed by atoms with van der Waals surface area (Å²) < 4.78 is 0. The average Bonchev–Trinajstić information content (AvgIpc) is 2.90. The minimum atomic E-state index is 0.961. The maximum atomic E-state index is 3.51. The summed E-state index contributed by atoms with van der Waals surface area (Å²) in [6.07, 6.45) is 10.1. The van der Waals surface area contributed by atoms with E-state index in [0.717, 1.165) is 32.4 Å². The second-order valence-corrected chi connectivity index (χ2v) is 6.18. The van der Waals surface area contributed by atoms with Crippen LogP contribution in [0.5, 0.6) is 0 Å². The normalized spacial score (nSPS) is 11.9. The van der Waals surface area contributed by atoms with Crippen molar-refractivity contribution in [2.45, 2.75) is 40.0 Å². The van der Waals surface area contributed by atoms with Crippen LogP contribution in [0.1, 0.15) is 39.2 Å². The fourth-order valence-corrected chi connectivity index (χ4v) is 2.60. The van der Waals surface area contributed by atoms with Crippen LogP contribution < -0.4 is 5.32 Å². The lowest BCUT2D eigenvalue weighted by Gasteiger charge is -2.03. The van der Waals surface area contributed by atoms with Gasteiger partial charge in [0.15, 0.2) is 0 Å². The first-order chi connectivity index (χ1) is 10.7. The number of hydrogen-bond donors (Lipinski definition) is 2. The molecule has 0 bridgehead atoms. The molecule has 0 atom stereocenters. The van der Waals surface area contributed by atoms with E-state index in [-0.39, 0.29) is 0 Å². The van der Waals surface area contributed by atoms with Gasteiger partial charge in [0.05, 0.1) is 0 Å². The monoisotopic (exact) mass is 296 g/mol. The first-order valence-corrected chi connectivity index (χ1v) is 8.21. The number of hydrogen-bond acceptors (Lipinski definition) is 1. The van der Waals surface area contributed by atoms with E-state index < -0.39 is 0 Å². The SMILES string of the molecule is CC(C)=CCC/C(C)=C\CNCCc1c[nH]c2ccccc12. The molecule has 0 spiro atoms. The van der Waals surface area contributed by atoms with Crippen LogP contribution in [0.4, 0.5) is 0 Å². The molecular weight excluding hydrogens is 268 g/mol. The molecule has 2 nitrogen and oxygen atoms in total. The van der Waals surface area contributed by atoms with Crippen molar-refractivity contribution in [3.8, 4) is 0 Å². The zero-order valence-corrected chi connectivity index (χ0v) is 14.1. The molecular formula is C20H28N2. The first-order valence-electron chi connectivity index (χ1n) is 8.21. The minimum Gasteiger partial charge on any atom is -0.361 e. The summed E-state index contributed by atoms with van der Waals surface area (Å²) in [5, 5.41) is 4.86. The third-order valence-corrected chi connectivity index (χ3v) is 3.93. The molecule has 118 valence electrons. The summed E-state index contributed by atoms with van der Waals surface area (Å²) in [5.41, 5.74) is 5.50. The van der Waals surface area contributed by atoms with Crippen molar-refractivity contribution in [2.75, 3.05) is 13.1 Å². The lowest BCUT2D eigenvalue weighted by atomic mass is 10.1. The van der Waals surface area contributed by atoms with Gasteiger partial charge in [-0.05, 0) is 58.2 Å². The Kier molecular flexibility index (Phi) is 6.47. The van der Waals surface area contributed by atoms with Crippen molar-refractivity contribution in [3.05, 3.63) is 59.3 Å². The summed E-state index contributed by atoms with van der Waals surface area (Å²) in [4.78, 5) is 3.33. The maximum absolute atomic E-state index is 3.51. The van der Waals surface area contributed by atoms with Gasteiger partial charge in [0, 0.05) is 23.6 Å². The molecule has 1 heterocycles. The predicted octanol–water partition coefficient (Wildman–Crippen LogP) is 4.99. The Morgan fingerprint density at radius 2 is 1.95 bits per heavy atom. The van der Waals surface area contributed by atoms with Gasteiger partial charge in [-0.2, -0.15) is 0 Å². The van der Waals surface area contributed by atoms with E-state index in [0.29, 0.717) is 0 Å². The summed E-state index contributed by atoms with van der Waals surface area (Å²) in [6, 6.07) is 8.49. The quantitative estimate of drug-likeness (QED) is 0.521. The molecule has 1 aromatic carbocycles. The van der Waals surface area contributed by atoms with E-state index in [9.17, 15) is 0 Å². The highest BCUT2D eigenvalue weighted by atomic mass is 14.8. The van der Waals surface area contributed by atoms with Crippen LogP contribution in [0, 0.1) is 0 Å². The van der Waals surface area contributed by atoms with E-state index in [4.69, 9.17) is 0 Å². The molecule has 0 amide bonds. The third kappa shape index (κ3) is 5.19. The van der Waals surface area contributed by atoms with Gasteiger partial charge in [0.1, 0.15) is 0 Å². The Bertz CT molecular complexity index is 643. The Labute approximate surface area is 134 Å². The Balaban J connectivity index is 1.70. The van der Waals surface area contributed by atoms with Gasteiger partial charge in [-0.3, -0.25) is 0 Å². The molecule has 0 aliphatic heterocycles. The van der Waals surface area contributed by atoms with Crippen LogP contribution in [0.25, 0.3) is 10.9 Å². The number of aromatic nitrogens is 1. The average molecular weight is 296 g/mol. The maximum Gasteiger partial charge on any atom is 0.0456 e. The molecule has 0 radical (unpaired) electrons. The number of benzene rings is 1. The van der Waals surface area contributed by atoms with Gasteiger partial charge < -0.3 is 10.3 Å². The van der Waals surface area contributed by atoms with Crippen molar-refractivity contribution >= 4 is 10.9 Å². The van der Waals surface area contributed by atoms with Crippen LogP contribution in [0.15, 0.2) is 53.8 Å². The second-order valence-electron chi connectivity index (χ2n) is 6.18. The van der Waals surface area contributed by atoms with Crippen LogP contribution in [-0.4, -0.2) is 18.1 Å². The molecule has 2 rings (SSSR count). The summed E-state index contributed by atoms with van der Waals surface area (Å²) >= 11 is 0. The molecule has 0 aliphatic rings. The zero-order chi connectivity index (χ0) is 15.8. The topological polar surface area (TPSA) is 27.8 Å². The van der Waals surface area contributed by atoms with Crippen molar-refractivity contribution in [3.63, 3.8) is 0 Å². The van der Waals surface area contributed by atoms with Crippen molar-refractivity contribution in [2.24, 2.45) is 0 Å². The molecule has 2 N–H and O–H groups in total. The molecule has 2 aromatic rings. The van der Waals surface area contributed by atoms with Gasteiger partial charge in [-0.1, -0.05) is 41.5 Å². The molecule has 0 aliphatic carbocycles. The van der Waals surface area contributed by atoms with Crippen molar-refractivity contribution < 1.29 is 0 Å². The Morgan fingerprint density at radius 1 is 1.14 bits per heavy atom. The zero-order valence-electron chi connectivity index (χ0n) is 14.1. The van der Waals surface area contributed by atoms with Gasteiger partial charge in [-0.25, -0.2) is 0 Å². The summed E-state index contributed by atoms with van der Waals surface area (Å²) in [6.45, 7) is 8.51. The highest BCUT2D eigenvalue weighted by Gasteiger charge is 2.01. The van der Waals surface area contributed by atoms with Crippen LogP contribution in [-0.2, 0) is 6.42 Å². The fourth-order valence-electron chi connectivity index (χ4n) is 2.60. The Hall–Kier alpha value is -1.80. The predicted molar refractivity (Wildman–Crippen MR) is 97.3 cm³/mol. The van der Waals surface area contributed by atoms with E-state index in [1.54, 1.807) is 0 Å². The molecule has 2 heteroatoms. The number of fused-ring (bicyclic) bond motifs is 1. The highest BCUT2D eigenvalue weighted by Crippen LogP contribution is 2.17. The molecule has 0 saturated carbocycles. The number of para-hydroxylation sites is 1. The molecule has 22 heavy (non-hydrogen) atoms. The highest BCUT2D eigenvalue weighted by molar-refractivity contribution is 5.83. The largest absolute Gasteiger partial charge is 0.361 e. The fraction of sp³-hybridized carbons (Fsp3) is 0.400. The van der Waals surface area contributed by atoms with E-state index in [1.807, 2.05) is 0 Å². The summed E-state index contributed by atoms with van der Waals surface area (Å²) in [5.74, 6) is 0. The van der Waals surface area contributed by atoms with Gasteiger partial charge in [0.2, 0.25) is 0 Å². The third-order valence-electron chi connectivity index (χ3n) is 3.93. The minimum absolute atomic E-state index is 0.961. The van der Waals surface area contributed by atoms with Gasteiger partial charge in [0.25, 0.3) is 0 Å².